The van der Waals surface area contributed by atoms with Gasteiger partial charge in [0.1, 0.15) is 11.8 Å². The van der Waals surface area contributed by atoms with Crippen LogP contribution in [0.5, 0.6) is 5.75 Å². The van der Waals surface area contributed by atoms with Gasteiger partial charge in [0.25, 0.3) is 0 Å². The zero-order valence-corrected chi connectivity index (χ0v) is 14.4. The third-order valence-electron chi connectivity index (χ3n) is 2.96. The molecule has 2 rings (SSSR count). The summed E-state index contributed by atoms with van der Waals surface area (Å²) in [6, 6.07) is 12.3. The molecule has 2 aromatic carbocycles. The van der Waals surface area contributed by atoms with Crippen LogP contribution >= 0.6 is 31.9 Å². The number of carbonyl (C=O) groups excluding carboxylic acids is 1. The standard InChI is InChI=1S/C15H14Br2N2O2/c1-21-11-5-3-10(4-6-11)19-14(15(18)20)9-2-7-12(16)13(17)8-9/h2-8,14,19H,1H3,(H2,18,20). The van der Waals surface area contributed by atoms with Gasteiger partial charge in [-0.05, 0) is 73.8 Å². The predicted molar refractivity (Wildman–Crippen MR) is 90.4 cm³/mol. The highest BCUT2D eigenvalue weighted by Gasteiger charge is 2.18. The third kappa shape index (κ3) is 3.98. The number of primary amides is 1. The maximum absolute atomic E-state index is 11.7. The predicted octanol–water partition coefficient (Wildman–Crippen LogP) is 3.86. The lowest BCUT2D eigenvalue weighted by atomic mass is 10.1. The Hall–Kier alpha value is -1.53. The van der Waals surface area contributed by atoms with Gasteiger partial charge in [0.05, 0.1) is 7.11 Å². The maximum Gasteiger partial charge on any atom is 0.244 e. The van der Waals surface area contributed by atoms with E-state index in [-0.39, 0.29) is 0 Å². The Kier molecular flexibility index (Phi) is 5.25. The normalized spacial score (nSPS) is 11.8. The van der Waals surface area contributed by atoms with Crippen molar-refractivity contribution in [3.63, 3.8) is 0 Å². The van der Waals surface area contributed by atoms with Crippen molar-refractivity contribution in [3.05, 3.63) is 57.0 Å². The molecule has 1 amide bonds. The van der Waals surface area contributed by atoms with Crippen LogP contribution in [0, 0.1) is 0 Å². The molecule has 4 nitrogen and oxygen atoms in total. The number of carbonyl (C=O) groups is 1. The van der Waals surface area contributed by atoms with Crippen molar-refractivity contribution < 1.29 is 9.53 Å². The average Bonchev–Trinajstić information content (AvgIpc) is 2.48. The first-order valence-electron chi connectivity index (χ1n) is 6.16. The summed E-state index contributed by atoms with van der Waals surface area (Å²) in [6.45, 7) is 0. The fraction of sp³-hybridized carbons (Fsp3) is 0.133. The highest BCUT2D eigenvalue weighted by Crippen LogP contribution is 2.28. The molecule has 0 bridgehead atoms. The van der Waals surface area contributed by atoms with E-state index in [9.17, 15) is 4.79 Å². The average molecular weight is 414 g/mol. The van der Waals surface area contributed by atoms with Gasteiger partial charge in [-0.2, -0.15) is 0 Å². The summed E-state index contributed by atoms with van der Waals surface area (Å²) in [5, 5.41) is 3.13. The number of nitrogens with one attached hydrogen (secondary N) is 1. The van der Waals surface area contributed by atoms with E-state index in [0.717, 1.165) is 25.9 Å². The molecule has 3 N–H and O–H groups in total. The summed E-state index contributed by atoms with van der Waals surface area (Å²) in [5.41, 5.74) is 7.08. The van der Waals surface area contributed by atoms with Crippen LogP contribution in [-0.4, -0.2) is 13.0 Å². The molecule has 0 saturated heterocycles. The van der Waals surface area contributed by atoms with E-state index in [1.807, 2.05) is 42.5 Å². The Morgan fingerprint density at radius 3 is 2.33 bits per heavy atom. The smallest absolute Gasteiger partial charge is 0.244 e. The number of methoxy groups -OCH3 is 1. The van der Waals surface area contributed by atoms with E-state index < -0.39 is 11.9 Å². The monoisotopic (exact) mass is 412 g/mol. The van der Waals surface area contributed by atoms with Crippen molar-refractivity contribution in [2.75, 3.05) is 12.4 Å². The van der Waals surface area contributed by atoms with Crippen LogP contribution in [0.25, 0.3) is 0 Å². The summed E-state index contributed by atoms with van der Waals surface area (Å²) in [6.07, 6.45) is 0. The topological polar surface area (TPSA) is 64.3 Å². The summed E-state index contributed by atoms with van der Waals surface area (Å²) >= 11 is 6.83. The van der Waals surface area contributed by atoms with E-state index in [4.69, 9.17) is 10.5 Å². The minimum absolute atomic E-state index is 0.444. The van der Waals surface area contributed by atoms with Gasteiger partial charge in [0.2, 0.25) is 5.91 Å². The molecule has 0 fully saturated rings. The molecule has 0 aliphatic rings. The number of rotatable bonds is 5. The molecule has 110 valence electrons. The molecule has 0 heterocycles. The Morgan fingerprint density at radius 1 is 1.14 bits per heavy atom. The number of ether oxygens (including phenoxy) is 1. The van der Waals surface area contributed by atoms with Crippen molar-refractivity contribution in [2.45, 2.75) is 6.04 Å². The first kappa shape index (κ1) is 15.9. The molecule has 0 spiro atoms. The van der Waals surface area contributed by atoms with Gasteiger partial charge in [-0.15, -0.1) is 0 Å². The number of hydrogen-bond donors (Lipinski definition) is 2. The number of amides is 1. The van der Waals surface area contributed by atoms with Gasteiger partial charge in [0.15, 0.2) is 0 Å². The molecule has 1 unspecified atom stereocenters. The Labute approximate surface area is 139 Å². The molecule has 21 heavy (non-hydrogen) atoms. The highest BCUT2D eigenvalue weighted by molar-refractivity contribution is 9.13. The second kappa shape index (κ2) is 6.95. The molecule has 0 aliphatic heterocycles. The molecule has 2 aromatic rings. The molecular formula is C15H14Br2N2O2. The molecule has 1 atom stereocenters. The Bertz CT molecular complexity index is 645. The van der Waals surface area contributed by atoms with E-state index >= 15 is 0 Å². The fourth-order valence-electron chi connectivity index (χ4n) is 1.86. The SMILES string of the molecule is COc1ccc(NC(C(N)=O)c2ccc(Br)c(Br)c2)cc1. The minimum Gasteiger partial charge on any atom is -0.497 e. The zero-order chi connectivity index (χ0) is 15.4. The van der Waals surface area contributed by atoms with E-state index in [0.29, 0.717) is 0 Å². The molecule has 6 heteroatoms. The van der Waals surface area contributed by atoms with Gasteiger partial charge >= 0.3 is 0 Å². The van der Waals surface area contributed by atoms with Crippen LogP contribution < -0.4 is 15.8 Å². The van der Waals surface area contributed by atoms with Crippen molar-refractivity contribution in [1.82, 2.24) is 0 Å². The molecule has 0 aliphatic carbocycles. The lowest BCUT2D eigenvalue weighted by molar-refractivity contribution is -0.118. The second-order valence-corrected chi connectivity index (χ2v) is 6.09. The summed E-state index contributed by atoms with van der Waals surface area (Å²) in [7, 11) is 1.61. The van der Waals surface area contributed by atoms with Crippen molar-refractivity contribution in [1.29, 1.82) is 0 Å². The van der Waals surface area contributed by atoms with Crippen LogP contribution in [0.3, 0.4) is 0 Å². The van der Waals surface area contributed by atoms with Gasteiger partial charge in [0, 0.05) is 14.6 Å². The lowest BCUT2D eigenvalue weighted by Gasteiger charge is -2.18. The third-order valence-corrected chi connectivity index (χ3v) is 4.84. The number of anilines is 1. The lowest BCUT2D eigenvalue weighted by Crippen LogP contribution is -2.27. The summed E-state index contributed by atoms with van der Waals surface area (Å²) < 4.78 is 6.88. The minimum atomic E-state index is -0.609. The van der Waals surface area contributed by atoms with Crippen LogP contribution in [0.15, 0.2) is 51.4 Å². The number of nitrogens with two attached hydrogens (primary N) is 1. The fourth-order valence-corrected chi connectivity index (χ4v) is 2.51. The molecule has 0 saturated carbocycles. The second-order valence-electron chi connectivity index (χ2n) is 4.38. The van der Waals surface area contributed by atoms with Gasteiger partial charge in [-0.25, -0.2) is 0 Å². The van der Waals surface area contributed by atoms with Gasteiger partial charge < -0.3 is 15.8 Å². The highest BCUT2D eigenvalue weighted by atomic mass is 79.9. The summed E-state index contributed by atoms with van der Waals surface area (Å²) in [4.78, 5) is 11.7. The van der Waals surface area contributed by atoms with Crippen LogP contribution in [0.2, 0.25) is 0 Å². The van der Waals surface area contributed by atoms with E-state index in [1.165, 1.54) is 0 Å². The Balaban J connectivity index is 2.26. The number of hydrogen-bond acceptors (Lipinski definition) is 3. The molecule has 0 aromatic heterocycles. The quantitative estimate of drug-likeness (QED) is 0.782. The van der Waals surface area contributed by atoms with Crippen LogP contribution in [-0.2, 0) is 4.79 Å². The maximum atomic E-state index is 11.7. The summed E-state index contributed by atoms with van der Waals surface area (Å²) in [5.74, 6) is 0.308. The first-order valence-corrected chi connectivity index (χ1v) is 7.74. The molecule has 0 radical (unpaired) electrons. The zero-order valence-electron chi connectivity index (χ0n) is 11.3. The van der Waals surface area contributed by atoms with Gasteiger partial charge in [-0.1, -0.05) is 6.07 Å². The van der Waals surface area contributed by atoms with E-state index in [2.05, 4.69) is 37.2 Å². The van der Waals surface area contributed by atoms with Gasteiger partial charge in [-0.3, -0.25) is 4.79 Å². The van der Waals surface area contributed by atoms with E-state index in [1.54, 1.807) is 7.11 Å². The largest absolute Gasteiger partial charge is 0.497 e. The van der Waals surface area contributed by atoms with Crippen LogP contribution in [0.1, 0.15) is 11.6 Å². The molecular weight excluding hydrogens is 400 g/mol. The first-order chi connectivity index (χ1) is 10.0. The van der Waals surface area contributed by atoms with Crippen molar-refractivity contribution in [2.24, 2.45) is 5.73 Å². The number of benzene rings is 2. The van der Waals surface area contributed by atoms with Crippen molar-refractivity contribution >= 4 is 43.5 Å². The van der Waals surface area contributed by atoms with Crippen LogP contribution in [0.4, 0.5) is 5.69 Å². The Morgan fingerprint density at radius 2 is 1.81 bits per heavy atom. The van der Waals surface area contributed by atoms with Crippen molar-refractivity contribution in [3.8, 4) is 5.75 Å². The number of halogens is 2.